The van der Waals surface area contributed by atoms with Gasteiger partial charge in [0, 0.05) is 17.8 Å². The van der Waals surface area contributed by atoms with Gasteiger partial charge in [-0.15, -0.1) is 6.58 Å². The number of benzene rings is 2. The van der Waals surface area contributed by atoms with Gasteiger partial charge in [0.05, 0.1) is 12.0 Å². The minimum atomic E-state index is -0.402. The van der Waals surface area contributed by atoms with Crippen LogP contribution in [0.1, 0.15) is 5.56 Å². The Labute approximate surface area is 178 Å². The van der Waals surface area contributed by atoms with Gasteiger partial charge in [0.2, 0.25) is 0 Å². The van der Waals surface area contributed by atoms with Crippen molar-refractivity contribution in [2.45, 2.75) is 0 Å². The highest BCUT2D eigenvalue weighted by atomic mass is 32.2. The zero-order chi connectivity index (χ0) is 21.5. The largest absolute Gasteiger partial charge is 0.493 e. The molecule has 0 aromatic heterocycles. The molecular formula is C22H20N2O5S. The Bertz CT molecular complexity index is 1000. The zero-order valence-corrected chi connectivity index (χ0v) is 17.1. The Hall–Kier alpha value is -3.52. The lowest BCUT2D eigenvalue weighted by atomic mass is 10.1. The number of anilines is 1. The molecular weight excluding hydrogens is 404 g/mol. The fourth-order valence-corrected chi connectivity index (χ4v) is 3.58. The fraction of sp³-hybridized carbons (Fsp3) is 0.136. The molecule has 154 valence electrons. The zero-order valence-electron chi connectivity index (χ0n) is 16.3. The molecule has 30 heavy (non-hydrogen) atoms. The second-order valence-corrected chi connectivity index (χ2v) is 7.16. The van der Waals surface area contributed by atoms with Crippen molar-refractivity contribution in [2.24, 2.45) is 0 Å². The maximum atomic E-state index is 12.5. The number of nitrogens with zero attached hydrogens (tertiary/aromatic N) is 1. The standard InChI is InChI=1S/C22H20N2O5S/c1-3-12-24-21(26)18(30-22(24)27)13-15-8-7-11-17(28-2)20(15)29-14-19(25)23-16-9-5-4-6-10-16/h3-11,13H,1,12,14H2,2H3,(H,23,25)/b18-13+. The van der Waals surface area contributed by atoms with Crippen LogP contribution in [0, 0.1) is 0 Å². The Kier molecular flexibility index (Phi) is 6.92. The number of carbonyl (C=O) groups is 3. The van der Waals surface area contributed by atoms with Crippen molar-refractivity contribution in [2.75, 3.05) is 25.6 Å². The van der Waals surface area contributed by atoms with E-state index in [1.54, 1.807) is 36.4 Å². The monoisotopic (exact) mass is 424 g/mol. The summed E-state index contributed by atoms with van der Waals surface area (Å²) in [5, 5.41) is 2.37. The number of carbonyl (C=O) groups excluding carboxylic acids is 3. The third-order valence-corrected chi connectivity index (χ3v) is 5.01. The molecule has 8 heteroatoms. The minimum Gasteiger partial charge on any atom is -0.493 e. The van der Waals surface area contributed by atoms with Gasteiger partial charge in [0.25, 0.3) is 17.1 Å². The van der Waals surface area contributed by atoms with Crippen molar-refractivity contribution in [1.29, 1.82) is 0 Å². The SMILES string of the molecule is C=CCN1C(=O)S/C(=C/c2cccc(OC)c2OCC(=O)Nc2ccccc2)C1=O. The molecule has 2 aromatic carbocycles. The quantitative estimate of drug-likeness (QED) is 0.510. The van der Waals surface area contributed by atoms with E-state index < -0.39 is 5.91 Å². The molecule has 0 spiro atoms. The number of methoxy groups -OCH3 is 1. The van der Waals surface area contributed by atoms with E-state index >= 15 is 0 Å². The Morgan fingerprint density at radius 2 is 1.93 bits per heavy atom. The molecule has 1 heterocycles. The van der Waals surface area contributed by atoms with Gasteiger partial charge < -0.3 is 14.8 Å². The summed E-state index contributed by atoms with van der Waals surface area (Å²) >= 11 is 0.840. The lowest BCUT2D eigenvalue weighted by Crippen LogP contribution is -2.27. The fourth-order valence-electron chi connectivity index (χ4n) is 2.75. The van der Waals surface area contributed by atoms with Crippen LogP contribution in [0.4, 0.5) is 10.5 Å². The number of para-hydroxylation sites is 2. The molecule has 1 aliphatic heterocycles. The van der Waals surface area contributed by atoms with E-state index in [1.807, 2.05) is 18.2 Å². The second-order valence-electron chi connectivity index (χ2n) is 6.16. The van der Waals surface area contributed by atoms with Gasteiger partial charge in [0.1, 0.15) is 0 Å². The number of amides is 3. The molecule has 2 aromatic rings. The van der Waals surface area contributed by atoms with Crippen LogP contribution < -0.4 is 14.8 Å². The van der Waals surface area contributed by atoms with Gasteiger partial charge in [-0.3, -0.25) is 19.3 Å². The number of ether oxygens (including phenoxy) is 2. The van der Waals surface area contributed by atoms with E-state index in [0.717, 1.165) is 16.7 Å². The summed E-state index contributed by atoms with van der Waals surface area (Å²) in [7, 11) is 1.48. The second kappa shape index (κ2) is 9.80. The predicted molar refractivity (Wildman–Crippen MR) is 116 cm³/mol. The molecule has 1 N–H and O–H groups in total. The number of hydrogen-bond donors (Lipinski definition) is 1. The van der Waals surface area contributed by atoms with Crippen LogP contribution in [0.2, 0.25) is 0 Å². The predicted octanol–water partition coefficient (Wildman–Crippen LogP) is 3.94. The average molecular weight is 424 g/mol. The summed E-state index contributed by atoms with van der Waals surface area (Å²) in [4.78, 5) is 38.1. The smallest absolute Gasteiger partial charge is 0.293 e. The van der Waals surface area contributed by atoms with Gasteiger partial charge >= 0.3 is 0 Å². The van der Waals surface area contributed by atoms with Crippen molar-refractivity contribution in [1.82, 2.24) is 4.90 Å². The first-order valence-corrected chi connectivity index (χ1v) is 9.86. The lowest BCUT2D eigenvalue weighted by molar-refractivity contribution is -0.122. The van der Waals surface area contributed by atoms with E-state index in [1.165, 1.54) is 13.2 Å². The highest BCUT2D eigenvalue weighted by Crippen LogP contribution is 2.37. The summed E-state index contributed by atoms with van der Waals surface area (Å²) in [6.07, 6.45) is 3.05. The molecule has 1 saturated heterocycles. The first-order valence-electron chi connectivity index (χ1n) is 9.04. The summed E-state index contributed by atoms with van der Waals surface area (Å²) in [6, 6.07) is 14.2. The Morgan fingerprint density at radius 1 is 1.17 bits per heavy atom. The molecule has 0 radical (unpaired) electrons. The third kappa shape index (κ3) is 4.90. The topological polar surface area (TPSA) is 84.9 Å². The first kappa shape index (κ1) is 21.2. The van der Waals surface area contributed by atoms with Crippen LogP contribution >= 0.6 is 11.8 Å². The van der Waals surface area contributed by atoms with E-state index in [2.05, 4.69) is 11.9 Å². The van der Waals surface area contributed by atoms with Crippen LogP contribution in [-0.2, 0) is 9.59 Å². The number of hydrogen-bond acceptors (Lipinski definition) is 6. The number of imide groups is 1. The van der Waals surface area contributed by atoms with E-state index in [9.17, 15) is 14.4 Å². The van der Waals surface area contributed by atoms with E-state index in [0.29, 0.717) is 22.7 Å². The molecule has 1 fully saturated rings. The molecule has 0 bridgehead atoms. The van der Waals surface area contributed by atoms with Crippen LogP contribution in [0.5, 0.6) is 11.5 Å². The van der Waals surface area contributed by atoms with Crippen LogP contribution in [0.3, 0.4) is 0 Å². The van der Waals surface area contributed by atoms with Gasteiger partial charge in [-0.05, 0) is 36.0 Å². The molecule has 0 aliphatic carbocycles. The summed E-state index contributed by atoms with van der Waals surface area (Å²) in [5.41, 5.74) is 1.17. The number of nitrogens with one attached hydrogen (secondary N) is 1. The van der Waals surface area contributed by atoms with Gasteiger partial charge in [-0.1, -0.05) is 36.4 Å². The number of rotatable bonds is 8. The lowest BCUT2D eigenvalue weighted by Gasteiger charge is -2.14. The van der Waals surface area contributed by atoms with Crippen molar-refractivity contribution < 1.29 is 23.9 Å². The van der Waals surface area contributed by atoms with Gasteiger partial charge in [-0.2, -0.15) is 0 Å². The molecule has 0 saturated carbocycles. The summed E-state index contributed by atoms with van der Waals surface area (Å²) < 4.78 is 11.1. The highest BCUT2D eigenvalue weighted by Gasteiger charge is 2.34. The van der Waals surface area contributed by atoms with E-state index in [4.69, 9.17) is 9.47 Å². The normalized spacial score (nSPS) is 14.7. The molecule has 3 rings (SSSR count). The molecule has 1 aliphatic rings. The van der Waals surface area contributed by atoms with Gasteiger partial charge in [0.15, 0.2) is 18.1 Å². The van der Waals surface area contributed by atoms with Crippen LogP contribution in [0.25, 0.3) is 6.08 Å². The highest BCUT2D eigenvalue weighted by molar-refractivity contribution is 8.18. The maximum Gasteiger partial charge on any atom is 0.293 e. The summed E-state index contributed by atoms with van der Waals surface area (Å²) in [5.74, 6) is -0.0369. The van der Waals surface area contributed by atoms with E-state index in [-0.39, 0.29) is 29.2 Å². The molecule has 7 nitrogen and oxygen atoms in total. The molecule has 3 amide bonds. The summed E-state index contributed by atoms with van der Waals surface area (Å²) in [6.45, 7) is 3.45. The van der Waals surface area contributed by atoms with Gasteiger partial charge in [-0.25, -0.2) is 0 Å². The van der Waals surface area contributed by atoms with Crippen molar-refractivity contribution in [3.05, 3.63) is 71.7 Å². The molecule has 0 atom stereocenters. The average Bonchev–Trinajstić information content (AvgIpc) is 3.01. The Balaban J connectivity index is 1.80. The van der Waals surface area contributed by atoms with Crippen molar-refractivity contribution in [3.63, 3.8) is 0 Å². The Morgan fingerprint density at radius 3 is 2.63 bits per heavy atom. The third-order valence-electron chi connectivity index (χ3n) is 4.11. The van der Waals surface area contributed by atoms with Crippen LogP contribution in [0.15, 0.2) is 66.1 Å². The maximum absolute atomic E-state index is 12.5. The van der Waals surface area contributed by atoms with Crippen molar-refractivity contribution >= 4 is 40.6 Å². The minimum absolute atomic E-state index is 0.142. The number of thioether (sulfide) groups is 1. The molecule has 0 unspecified atom stereocenters. The van der Waals surface area contributed by atoms with Crippen LogP contribution in [-0.4, -0.2) is 42.2 Å². The van der Waals surface area contributed by atoms with Crippen molar-refractivity contribution in [3.8, 4) is 11.5 Å². The first-order chi connectivity index (χ1) is 14.5.